The minimum absolute atomic E-state index is 0.0635. The number of nitrogens with zero attached hydrogens (tertiary/aromatic N) is 1. The molecule has 1 saturated heterocycles. The van der Waals surface area contributed by atoms with Crippen molar-refractivity contribution in [2.45, 2.75) is 12.5 Å². The molecule has 0 aromatic heterocycles. The van der Waals surface area contributed by atoms with E-state index in [2.05, 4.69) is 0 Å². The highest BCUT2D eigenvalue weighted by Gasteiger charge is 2.27. The van der Waals surface area contributed by atoms with E-state index in [0.29, 0.717) is 6.42 Å². The maximum Gasteiger partial charge on any atom is 0.239 e. The highest BCUT2D eigenvalue weighted by Crippen LogP contribution is 2.07. The second-order valence-electron chi connectivity index (χ2n) is 3.87. The molecule has 1 fully saturated rings. The first-order chi connectivity index (χ1) is 7.46. The summed E-state index contributed by atoms with van der Waals surface area (Å²) in [4.78, 5) is 13.4. The molecule has 16 heavy (non-hydrogen) atoms. The first-order valence-electron chi connectivity index (χ1n) is 5.20. The van der Waals surface area contributed by atoms with Gasteiger partial charge in [0.2, 0.25) is 5.91 Å². The number of carbonyl (C=O) groups excluding carboxylic acids is 1. The maximum absolute atomic E-state index is 11.8. The minimum atomic E-state index is -2.93. The summed E-state index contributed by atoms with van der Waals surface area (Å²) in [5.41, 5.74) is 5.75. The molecule has 0 unspecified atom stereocenters. The van der Waals surface area contributed by atoms with Crippen LogP contribution in [0.5, 0.6) is 0 Å². The van der Waals surface area contributed by atoms with Crippen molar-refractivity contribution in [3.8, 4) is 0 Å². The first kappa shape index (κ1) is 13.8. The molecule has 1 aliphatic heterocycles. The van der Waals surface area contributed by atoms with Crippen molar-refractivity contribution in [2.24, 2.45) is 5.73 Å². The van der Waals surface area contributed by atoms with E-state index in [9.17, 15) is 13.2 Å². The van der Waals surface area contributed by atoms with E-state index in [1.807, 2.05) is 6.26 Å². The lowest BCUT2D eigenvalue weighted by molar-refractivity contribution is -0.132. The van der Waals surface area contributed by atoms with Crippen LogP contribution in [0.3, 0.4) is 0 Å². The largest absolute Gasteiger partial charge is 0.339 e. The number of amides is 1. The summed E-state index contributed by atoms with van der Waals surface area (Å²) in [6.07, 6.45) is 2.61. The first-order valence-corrected chi connectivity index (χ1v) is 8.41. The standard InChI is InChI=1S/C9H18N2O3S2/c1-15-5-2-8(10)9(12)11-3-6-16(13,14)7-4-11/h8H,2-7,10H2,1H3/t8-/m0/s1. The van der Waals surface area contributed by atoms with Gasteiger partial charge >= 0.3 is 0 Å². The number of hydrogen-bond donors (Lipinski definition) is 1. The Morgan fingerprint density at radius 3 is 2.50 bits per heavy atom. The zero-order chi connectivity index (χ0) is 12.2. The highest BCUT2D eigenvalue weighted by molar-refractivity contribution is 7.98. The lowest BCUT2D eigenvalue weighted by atomic mass is 10.2. The fourth-order valence-corrected chi connectivity index (χ4v) is 3.23. The Morgan fingerprint density at radius 1 is 1.44 bits per heavy atom. The van der Waals surface area contributed by atoms with E-state index < -0.39 is 15.9 Å². The van der Waals surface area contributed by atoms with Crippen molar-refractivity contribution in [3.63, 3.8) is 0 Å². The zero-order valence-corrected chi connectivity index (χ0v) is 11.0. The van der Waals surface area contributed by atoms with Gasteiger partial charge in [-0.3, -0.25) is 4.79 Å². The van der Waals surface area contributed by atoms with Crippen molar-refractivity contribution < 1.29 is 13.2 Å². The summed E-state index contributed by atoms with van der Waals surface area (Å²) >= 11 is 1.65. The molecular formula is C9H18N2O3S2. The van der Waals surface area contributed by atoms with Crippen LogP contribution in [-0.4, -0.2) is 61.9 Å². The predicted octanol–water partition coefficient (Wildman–Crippen LogP) is -0.676. The van der Waals surface area contributed by atoms with E-state index in [0.717, 1.165) is 5.75 Å². The van der Waals surface area contributed by atoms with Gasteiger partial charge in [-0.2, -0.15) is 11.8 Å². The summed E-state index contributed by atoms with van der Waals surface area (Å²) in [5, 5.41) is 0. The van der Waals surface area contributed by atoms with Crippen molar-refractivity contribution in [2.75, 3.05) is 36.6 Å². The third-order valence-electron chi connectivity index (χ3n) is 2.61. The van der Waals surface area contributed by atoms with E-state index in [1.54, 1.807) is 16.7 Å². The Balaban J connectivity index is 2.44. The monoisotopic (exact) mass is 266 g/mol. The molecule has 5 nitrogen and oxygen atoms in total. The normalized spacial score (nSPS) is 21.8. The Morgan fingerprint density at radius 2 is 2.00 bits per heavy atom. The van der Waals surface area contributed by atoms with Gasteiger partial charge in [0.25, 0.3) is 0 Å². The van der Waals surface area contributed by atoms with Crippen LogP contribution < -0.4 is 5.73 Å². The molecule has 1 atom stereocenters. The molecule has 1 amide bonds. The molecule has 94 valence electrons. The summed E-state index contributed by atoms with van der Waals surface area (Å²) in [6, 6.07) is -0.492. The second kappa shape index (κ2) is 5.88. The quantitative estimate of drug-likeness (QED) is 0.729. The van der Waals surface area contributed by atoms with Crippen molar-refractivity contribution in [3.05, 3.63) is 0 Å². The molecule has 1 rings (SSSR count). The summed E-state index contributed by atoms with van der Waals surface area (Å²) in [6.45, 7) is 0.572. The van der Waals surface area contributed by atoms with Crippen molar-refractivity contribution >= 4 is 27.5 Å². The Hall–Kier alpha value is -0.270. The molecular weight excluding hydrogens is 248 g/mol. The average molecular weight is 266 g/mol. The molecule has 2 N–H and O–H groups in total. The Bertz CT molecular complexity index is 329. The molecule has 0 aliphatic carbocycles. The van der Waals surface area contributed by atoms with Crippen LogP contribution in [0.15, 0.2) is 0 Å². The molecule has 0 radical (unpaired) electrons. The minimum Gasteiger partial charge on any atom is -0.339 e. The van der Waals surface area contributed by atoms with Gasteiger partial charge in [0.15, 0.2) is 9.84 Å². The van der Waals surface area contributed by atoms with Crippen LogP contribution in [-0.2, 0) is 14.6 Å². The van der Waals surface area contributed by atoms with Crippen LogP contribution in [0.1, 0.15) is 6.42 Å². The highest BCUT2D eigenvalue weighted by atomic mass is 32.2. The number of rotatable bonds is 4. The Kier molecular flexibility index (Phi) is 5.07. The number of thioether (sulfide) groups is 1. The molecule has 0 spiro atoms. The third kappa shape index (κ3) is 3.95. The van der Waals surface area contributed by atoms with Gasteiger partial charge < -0.3 is 10.6 Å². The summed E-state index contributed by atoms with van der Waals surface area (Å²) in [7, 11) is -2.93. The van der Waals surface area contributed by atoms with Gasteiger partial charge in [-0.25, -0.2) is 8.42 Å². The van der Waals surface area contributed by atoms with Crippen LogP contribution in [0.2, 0.25) is 0 Å². The van der Waals surface area contributed by atoms with Gasteiger partial charge in [0, 0.05) is 13.1 Å². The predicted molar refractivity (Wildman–Crippen MR) is 66.2 cm³/mol. The molecule has 0 aromatic rings. The number of sulfone groups is 1. The van der Waals surface area contributed by atoms with Crippen molar-refractivity contribution in [1.82, 2.24) is 4.90 Å². The molecule has 0 bridgehead atoms. The molecule has 0 saturated carbocycles. The number of carbonyl (C=O) groups is 1. The smallest absolute Gasteiger partial charge is 0.239 e. The lowest BCUT2D eigenvalue weighted by Gasteiger charge is -2.29. The maximum atomic E-state index is 11.8. The lowest BCUT2D eigenvalue weighted by Crippen LogP contribution is -2.50. The fourth-order valence-electron chi connectivity index (χ4n) is 1.54. The summed E-state index contributed by atoms with van der Waals surface area (Å²) < 4.78 is 22.4. The van der Waals surface area contributed by atoms with Gasteiger partial charge in [-0.1, -0.05) is 0 Å². The molecule has 7 heteroatoms. The van der Waals surface area contributed by atoms with E-state index in [4.69, 9.17) is 5.73 Å². The molecule has 1 heterocycles. The van der Waals surface area contributed by atoms with E-state index in [1.165, 1.54) is 0 Å². The summed E-state index contributed by atoms with van der Waals surface area (Å²) in [5.74, 6) is 0.852. The molecule has 0 aromatic carbocycles. The SMILES string of the molecule is CSCC[C@H](N)C(=O)N1CCS(=O)(=O)CC1. The Labute approximate surface area is 101 Å². The van der Waals surface area contributed by atoms with Crippen LogP contribution >= 0.6 is 11.8 Å². The third-order valence-corrected chi connectivity index (χ3v) is 4.86. The molecule has 1 aliphatic rings. The van der Waals surface area contributed by atoms with Gasteiger partial charge in [-0.15, -0.1) is 0 Å². The topological polar surface area (TPSA) is 80.5 Å². The van der Waals surface area contributed by atoms with Gasteiger partial charge in [0.1, 0.15) is 0 Å². The van der Waals surface area contributed by atoms with Gasteiger partial charge in [-0.05, 0) is 18.4 Å². The second-order valence-corrected chi connectivity index (χ2v) is 7.15. The van der Waals surface area contributed by atoms with Crippen LogP contribution in [0.25, 0.3) is 0 Å². The van der Waals surface area contributed by atoms with Crippen LogP contribution in [0.4, 0.5) is 0 Å². The zero-order valence-electron chi connectivity index (χ0n) is 9.39. The van der Waals surface area contributed by atoms with E-state index in [-0.39, 0.29) is 30.5 Å². The average Bonchev–Trinajstić information content (AvgIpc) is 2.25. The van der Waals surface area contributed by atoms with Gasteiger partial charge in [0.05, 0.1) is 17.5 Å². The fraction of sp³-hybridized carbons (Fsp3) is 0.889. The number of nitrogens with two attached hydrogens (primary N) is 1. The van der Waals surface area contributed by atoms with Crippen LogP contribution in [0, 0.1) is 0 Å². The van der Waals surface area contributed by atoms with E-state index >= 15 is 0 Å². The number of hydrogen-bond acceptors (Lipinski definition) is 5. The van der Waals surface area contributed by atoms with Crippen molar-refractivity contribution in [1.29, 1.82) is 0 Å².